The number of amides is 1. The molecule has 2 aromatic heterocycles. The molecule has 5 nitrogen and oxygen atoms in total. The zero-order valence-electron chi connectivity index (χ0n) is 12.1. The van der Waals surface area contributed by atoms with Crippen molar-refractivity contribution in [3.8, 4) is 5.69 Å². The van der Waals surface area contributed by atoms with Crippen molar-refractivity contribution in [3.05, 3.63) is 70.8 Å². The Kier molecular flexibility index (Phi) is 4.20. The lowest BCUT2D eigenvalue weighted by Crippen LogP contribution is -2.28. The van der Waals surface area contributed by atoms with E-state index in [4.69, 9.17) is 0 Å². The first-order chi connectivity index (χ1) is 11.1. The van der Waals surface area contributed by atoms with Crippen molar-refractivity contribution < 1.29 is 9.18 Å². The van der Waals surface area contributed by atoms with E-state index in [-0.39, 0.29) is 11.7 Å². The zero-order chi connectivity index (χ0) is 16.4. The van der Waals surface area contributed by atoms with Crippen LogP contribution in [0.1, 0.15) is 10.4 Å². The number of benzene rings is 1. The molecule has 0 bridgehead atoms. The highest BCUT2D eigenvalue weighted by molar-refractivity contribution is 9.10. The van der Waals surface area contributed by atoms with Crippen molar-refractivity contribution in [2.75, 3.05) is 11.9 Å². The van der Waals surface area contributed by atoms with E-state index in [9.17, 15) is 9.18 Å². The Morgan fingerprint density at radius 2 is 2.13 bits per heavy atom. The van der Waals surface area contributed by atoms with Crippen molar-refractivity contribution in [1.29, 1.82) is 0 Å². The van der Waals surface area contributed by atoms with E-state index >= 15 is 0 Å². The minimum absolute atomic E-state index is 0.00950. The summed E-state index contributed by atoms with van der Waals surface area (Å²) in [6.07, 6.45) is 4.88. The summed E-state index contributed by atoms with van der Waals surface area (Å²) in [5, 5.41) is 4.18. The van der Waals surface area contributed by atoms with Crippen LogP contribution in [-0.2, 0) is 0 Å². The quantitative estimate of drug-likeness (QED) is 0.705. The average molecular weight is 375 g/mol. The van der Waals surface area contributed by atoms with Gasteiger partial charge in [0.2, 0.25) is 0 Å². The van der Waals surface area contributed by atoms with Crippen LogP contribution in [0.15, 0.2) is 59.5 Å². The van der Waals surface area contributed by atoms with Gasteiger partial charge in [0.15, 0.2) is 11.6 Å². The molecule has 0 radical (unpaired) electrons. The van der Waals surface area contributed by atoms with Crippen LogP contribution in [0.5, 0.6) is 0 Å². The molecule has 1 amide bonds. The average Bonchev–Trinajstić information content (AvgIpc) is 3.01. The monoisotopic (exact) mass is 374 g/mol. The first-order valence-corrected chi connectivity index (χ1v) is 7.55. The van der Waals surface area contributed by atoms with Gasteiger partial charge in [-0.2, -0.15) is 5.10 Å². The molecule has 0 spiro atoms. The van der Waals surface area contributed by atoms with Crippen molar-refractivity contribution in [3.63, 3.8) is 0 Å². The number of carbonyl (C=O) groups is 1. The predicted octanol–water partition coefficient (Wildman–Crippen LogP) is 3.45. The van der Waals surface area contributed by atoms with Gasteiger partial charge in [0, 0.05) is 25.0 Å². The van der Waals surface area contributed by atoms with Crippen LogP contribution in [0, 0.1) is 5.82 Å². The van der Waals surface area contributed by atoms with Gasteiger partial charge in [-0.15, -0.1) is 0 Å². The number of anilines is 1. The summed E-state index contributed by atoms with van der Waals surface area (Å²) in [6.45, 7) is 0. The SMILES string of the molecule is CN(C(=O)c1cccc(-n2cc(Br)cn2)c1)c1ncccc1F. The second-order valence-corrected chi connectivity index (χ2v) is 5.74. The second-order valence-electron chi connectivity index (χ2n) is 4.83. The summed E-state index contributed by atoms with van der Waals surface area (Å²) < 4.78 is 16.3. The smallest absolute Gasteiger partial charge is 0.259 e. The van der Waals surface area contributed by atoms with Crippen molar-refractivity contribution >= 4 is 27.7 Å². The molecular weight excluding hydrogens is 363 g/mol. The molecule has 3 aromatic rings. The Morgan fingerprint density at radius 1 is 1.30 bits per heavy atom. The van der Waals surface area contributed by atoms with Gasteiger partial charge >= 0.3 is 0 Å². The van der Waals surface area contributed by atoms with Crippen molar-refractivity contribution in [2.24, 2.45) is 0 Å². The third-order valence-corrected chi connectivity index (χ3v) is 3.68. The number of carbonyl (C=O) groups excluding carboxylic acids is 1. The van der Waals surface area contributed by atoms with Crippen LogP contribution >= 0.6 is 15.9 Å². The number of halogens is 2. The van der Waals surface area contributed by atoms with E-state index < -0.39 is 5.82 Å². The summed E-state index contributed by atoms with van der Waals surface area (Å²) in [7, 11) is 1.49. The van der Waals surface area contributed by atoms with Crippen LogP contribution in [0.25, 0.3) is 5.69 Å². The topological polar surface area (TPSA) is 51.0 Å². The van der Waals surface area contributed by atoms with Gasteiger partial charge in [-0.3, -0.25) is 9.69 Å². The van der Waals surface area contributed by atoms with Gasteiger partial charge in [0.1, 0.15) is 0 Å². The third kappa shape index (κ3) is 3.14. The van der Waals surface area contributed by atoms with Crippen molar-refractivity contribution in [1.82, 2.24) is 14.8 Å². The number of hydrogen-bond acceptors (Lipinski definition) is 3. The molecule has 0 unspecified atom stereocenters. The number of hydrogen-bond donors (Lipinski definition) is 0. The van der Waals surface area contributed by atoms with Crippen LogP contribution in [0.3, 0.4) is 0 Å². The van der Waals surface area contributed by atoms with E-state index in [2.05, 4.69) is 26.0 Å². The highest BCUT2D eigenvalue weighted by atomic mass is 79.9. The molecule has 2 heterocycles. The van der Waals surface area contributed by atoms with Gasteiger partial charge in [-0.1, -0.05) is 6.07 Å². The fraction of sp³-hybridized carbons (Fsp3) is 0.0625. The normalized spacial score (nSPS) is 10.6. The largest absolute Gasteiger partial charge is 0.293 e. The fourth-order valence-electron chi connectivity index (χ4n) is 2.14. The molecular formula is C16H12BrFN4O. The molecule has 0 atom stereocenters. The maximum Gasteiger partial charge on any atom is 0.259 e. The van der Waals surface area contributed by atoms with E-state index in [1.165, 1.54) is 30.3 Å². The molecule has 116 valence electrons. The summed E-state index contributed by atoms with van der Waals surface area (Å²) in [5.74, 6) is -0.907. The first-order valence-electron chi connectivity index (χ1n) is 6.75. The highest BCUT2D eigenvalue weighted by Gasteiger charge is 2.18. The van der Waals surface area contributed by atoms with Gasteiger partial charge in [-0.05, 0) is 46.3 Å². The molecule has 0 fully saturated rings. The van der Waals surface area contributed by atoms with E-state index in [1.54, 1.807) is 35.3 Å². The maximum absolute atomic E-state index is 13.8. The van der Waals surface area contributed by atoms with E-state index in [0.717, 1.165) is 10.2 Å². The third-order valence-electron chi connectivity index (χ3n) is 3.27. The lowest BCUT2D eigenvalue weighted by atomic mass is 10.1. The molecule has 0 aliphatic heterocycles. The van der Waals surface area contributed by atoms with Gasteiger partial charge in [0.25, 0.3) is 5.91 Å². The van der Waals surface area contributed by atoms with Crippen LogP contribution in [0.4, 0.5) is 10.2 Å². The van der Waals surface area contributed by atoms with E-state index in [0.29, 0.717) is 5.56 Å². The Morgan fingerprint density at radius 3 is 2.83 bits per heavy atom. The molecule has 0 aliphatic carbocycles. The molecule has 7 heteroatoms. The minimum Gasteiger partial charge on any atom is -0.293 e. The van der Waals surface area contributed by atoms with Crippen molar-refractivity contribution in [2.45, 2.75) is 0 Å². The molecule has 0 saturated carbocycles. The first kappa shape index (κ1) is 15.4. The van der Waals surface area contributed by atoms with Gasteiger partial charge in [-0.25, -0.2) is 14.1 Å². The van der Waals surface area contributed by atoms with Gasteiger partial charge < -0.3 is 0 Å². The summed E-state index contributed by atoms with van der Waals surface area (Å²) in [4.78, 5) is 17.7. The number of pyridine rings is 1. The van der Waals surface area contributed by atoms with Gasteiger partial charge in [0.05, 0.1) is 16.4 Å². The standard InChI is InChI=1S/C16H12BrFN4O/c1-21(15-14(18)6-3-7-19-15)16(23)11-4-2-5-13(8-11)22-10-12(17)9-20-22/h2-10H,1H3. The maximum atomic E-state index is 13.8. The number of rotatable bonds is 3. The van der Waals surface area contributed by atoms with Crippen LogP contribution in [-0.4, -0.2) is 27.7 Å². The molecule has 0 N–H and O–H groups in total. The molecule has 0 aliphatic rings. The Bertz CT molecular complexity index is 865. The second kappa shape index (κ2) is 6.29. The summed E-state index contributed by atoms with van der Waals surface area (Å²) >= 11 is 3.33. The molecule has 1 aromatic carbocycles. The Labute approximate surface area is 140 Å². The lowest BCUT2D eigenvalue weighted by molar-refractivity contribution is 0.0991. The fourth-order valence-corrected chi connectivity index (χ4v) is 2.42. The zero-order valence-corrected chi connectivity index (χ0v) is 13.7. The Balaban J connectivity index is 1.92. The minimum atomic E-state index is -0.546. The number of aromatic nitrogens is 3. The molecule has 23 heavy (non-hydrogen) atoms. The lowest BCUT2D eigenvalue weighted by Gasteiger charge is -2.17. The molecule has 0 saturated heterocycles. The van der Waals surface area contributed by atoms with E-state index in [1.807, 2.05) is 6.07 Å². The predicted molar refractivity (Wildman–Crippen MR) is 88.2 cm³/mol. The van der Waals surface area contributed by atoms with Crippen LogP contribution in [0.2, 0.25) is 0 Å². The molecule has 3 rings (SSSR count). The summed E-state index contributed by atoms with van der Waals surface area (Å²) in [5.41, 5.74) is 1.15. The van der Waals surface area contributed by atoms with Crippen LogP contribution < -0.4 is 4.90 Å². The number of nitrogens with zero attached hydrogens (tertiary/aromatic N) is 4. The highest BCUT2D eigenvalue weighted by Crippen LogP contribution is 2.18. The summed E-state index contributed by atoms with van der Waals surface area (Å²) in [6, 6.07) is 9.69. The Hall–Kier alpha value is -2.54.